The van der Waals surface area contributed by atoms with E-state index in [4.69, 9.17) is 15.8 Å². The predicted molar refractivity (Wildman–Crippen MR) is 49.7 cm³/mol. The molecule has 0 saturated heterocycles. The van der Waals surface area contributed by atoms with Gasteiger partial charge in [0.05, 0.1) is 6.54 Å². The molecular formula is C9H14N2O2. The van der Waals surface area contributed by atoms with Gasteiger partial charge in [0.1, 0.15) is 5.75 Å². The highest BCUT2D eigenvalue weighted by Crippen LogP contribution is 2.08. The molecule has 0 atom stereocenters. The fourth-order valence-corrected chi connectivity index (χ4v) is 0.889. The van der Waals surface area contributed by atoms with Gasteiger partial charge >= 0.3 is 0 Å². The van der Waals surface area contributed by atoms with Crippen molar-refractivity contribution in [2.75, 3.05) is 13.2 Å². The van der Waals surface area contributed by atoms with E-state index in [1.165, 1.54) is 5.17 Å². The third kappa shape index (κ3) is 3.89. The predicted octanol–water partition coefficient (Wildman–Crippen LogP) is 0.538. The van der Waals surface area contributed by atoms with Crippen LogP contribution in [0, 0.1) is 0 Å². The van der Waals surface area contributed by atoms with Gasteiger partial charge in [-0.05, 0) is 18.6 Å². The van der Waals surface area contributed by atoms with Gasteiger partial charge in [0.15, 0.2) is 0 Å². The third-order valence-corrected chi connectivity index (χ3v) is 1.50. The number of hydroxylamine groups is 1. The number of aliphatic hydroxyl groups excluding tert-OH is 1. The Kier molecular flexibility index (Phi) is 4.25. The Morgan fingerprint density at radius 3 is 2.62 bits per heavy atom. The topological polar surface area (TPSA) is 58.7 Å². The number of hydrogen-bond acceptors (Lipinski definition) is 4. The van der Waals surface area contributed by atoms with E-state index in [-0.39, 0.29) is 6.61 Å². The fraction of sp³-hybridized carbons (Fsp3) is 0.333. The van der Waals surface area contributed by atoms with Crippen LogP contribution in [0.15, 0.2) is 30.3 Å². The standard InChI is InChI=1S/C9H14N2O2/c10-11(7-4-8-12)13-9-5-2-1-3-6-9/h1-3,5-6,12H,4,7-8,10H2. The maximum absolute atomic E-state index is 8.54. The lowest BCUT2D eigenvalue weighted by atomic mass is 10.3. The van der Waals surface area contributed by atoms with E-state index in [2.05, 4.69) is 0 Å². The van der Waals surface area contributed by atoms with Gasteiger partial charge in [-0.25, -0.2) is 5.84 Å². The molecule has 0 unspecified atom stereocenters. The van der Waals surface area contributed by atoms with E-state index >= 15 is 0 Å². The van der Waals surface area contributed by atoms with Gasteiger partial charge in [-0.15, -0.1) is 0 Å². The number of nitrogens with zero attached hydrogens (tertiary/aromatic N) is 1. The van der Waals surface area contributed by atoms with Gasteiger partial charge in [-0.1, -0.05) is 23.4 Å². The Hall–Kier alpha value is -1.10. The van der Waals surface area contributed by atoms with Gasteiger partial charge in [-0.3, -0.25) is 0 Å². The van der Waals surface area contributed by atoms with E-state index in [1.54, 1.807) is 0 Å². The van der Waals surface area contributed by atoms with E-state index in [9.17, 15) is 0 Å². The van der Waals surface area contributed by atoms with Crippen molar-refractivity contribution in [1.82, 2.24) is 5.17 Å². The summed E-state index contributed by atoms with van der Waals surface area (Å²) in [6.45, 7) is 0.622. The number of para-hydroxylation sites is 1. The number of aliphatic hydroxyl groups is 1. The van der Waals surface area contributed by atoms with Crippen LogP contribution in [0.4, 0.5) is 0 Å². The minimum atomic E-state index is 0.117. The van der Waals surface area contributed by atoms with Crippen LogP contribution in [0.3, 0.4) is 0 Å². The summed E-state index contributed by atoms with van der Waals surface area (Å²) in [6.07, 6.45) is 0.601. The Morgan fingerprint density at radius 2 is 2.00 bits per heavy atom. The monoisotopic (exact) mass is 182 g/mol. The molecule has 72 valence electrons. The second-order valence-corrected chi connectivity index (χ2v) is 2.62. The molecule has 4 heteroatoms. The first-order valence-corrected chi connectivity index (χ1v) is 4.19. The van der Waals surface area contributed by atoms with Crippen molar-refractivity contribution in [3.8, 4) is 5.75 Å². The molecule has 0 saturated carbocycles. The quantitative estimate of drug-likeness (QED) is 0.515. The van der Waals surface area contributed by atoms with Crippen LogP contribution in [-0.2, 0) is 0 Å². The van der Waals surface area contributed by atoms with E-state index < -0.39 is 0 Å². The smallest absolute Gasteiger partial charge is 0.149 e. The van der Waals surface area contributed by atoms with Crippen molar-refractivity contribution in [2.45, 2.75) is 6.42 Å². The number of hydrazine groups is 1. The minimum absolute atomic E-state index is 0.117. The summed E-state index contributed by atoms with van der Waals surface area (Å²) in [4.78, 5) is 5.22. The van der Waals surface area contributed by atoms with Crippen LogP contribution in [0.5, 0.6) is 5.75 Å². The number of hydrogen-bond donors (Lipinski definition) is 2. The highest BCUT2D eigenvalue weighted by molar-refractivity contribution is 5.20. The Labute approximate surface area is 77.5 Å². The average Bonchev–Trinajstić information content (AvgIpc) is 2.16. The molecule has 0 spiro atoms. The van der Waals surface area contributed by atoms with Crippen molar-refractivity contribution < 1.29 is 9.94 Å². The van der Waals surface area contributed by atoms with E-state index in [1.807, 2.05) is 30.3 Å². The molecule has 0 aliphatic carbocycles. The molecule has 0 fully saturated rings. The maximum atomic E-state index is 8.54. The SMILES string of the molecule is NN(CCCO)Oc1ccccc1. The molecule has 0 radical (unpaired) electrons. The zero-order valence-electron chi connectivity index (χ0n) is 7.39. The molecule has 4 nitrogen and oxygen atoms in total. The third-order valence-electron chi connectivity index (χ3n) is 1.50. The summed E-state index contributed by atoms with van der Waals surface area (Å²) in [5.41, 5.74) is 0. The second-order valence-electron chi connectivity index (χ2n) is 2.62. The Bertz CT molecular complexity index is 228. The number of rotatable bonds is 5. The number of benzene rings is 1. The lowest BCUT2D eigenvalue weighted by molar-refractivity contribution is -0.0635. The highest BCUT2D eigenvalue weighted by atomic mass is 16.7. The molecule has 1 rings (SSSR count). The summed E-state index contributed by atoms with van der Waals surface area (Å²) in [6, 6.07) is 9.28. The molecule has 13 heavy (non-hydrogen) atoms. The average molecular weight is 182 g/mol. The van der Waals surface area contributed by atoms with Crippen molar-refractivity contribution in [3.63, 3.8) is 0 Å². The second kappa shape index (κ2) is 5.53. The van der Waals surface area contributed by atoms with E-state index in [0.717, 1.165) is 0 Å². The minimum Gasteiger partial charge on any atom is -0.396 e. The van der Waals surface area contributed by atoms with Crippen molar-refractivity contribution >= 4 is 0 Å². The zero-order chi connectivity index (χ0) is 9.52. The van der Waals surface area contributed by atoms with Crippen LogP contribution < -0.4 is 10.7 Å². The van der Waals surface area contributed by atoms with E-state index in [0.29, 0.717) is 18.7 Å². The molecule has 0 aliphatic heterocycles. The van der Waals surface area contributed by atoms with Crippen molar-refractivity contribution in [2.24, 2.45) is 5.84 Å². The summed E-state index contributed by atoms with van der Waals surface area (Å²) in [5, 5.41) is 9.76. The van der Waals surface area contributed by atoms with Gasteiger partial charge in [0, 0.05) is 6.61 Å². The molecule has 1 aromatic rings. The molecule has 1 aromatic carbocycles. The summed E-state index contributed by atoms with van der Waals surface area (Å²) in [7, 11) is 0. The van der Waals surface area contributed by atoms with Crippen molar-refractivity contribution in [1.29, 1.82) is 0 Å². The molecule has 0 aliphatic rings. The van der Waals surface area contributed by atoms with Gasteiger partial charge in [-0.2, -0.15) is 0 Å². The summed E-state index contributed by atoms with van der Waals surface area (Å²) in [5.74, 6) is 6.19. The van der Waals surface area contributed by atoms with Gasteiger partial charge < -0.3 is 9.94 Å². The fourth-order valence-electron chi connectivity index (χ4n) is 0.889. The zero-order valence-corrected chi connectivity index (χ0v) is 7.39. The molecule has 3 N–H and O–H groups in total. The lowest BCUT2D eigenvalue weighted by Gasteiger charge is -2.15. The molecule has 0 heterocycles. The molecule has 0 amide bonds. The van der Waals surface area contributed by atoms with Crippen LogP contribution in [-0.4, -0.2) is 23.4 Å². The first-order chi connectivity index (χ1) is 6.33. The largest absolute Gasteiger partial charge is 0.396 e. The van der Waals surface area contributed by atoms with Crippen LogP contribution in [0.25, 0.3) is 0 Å². The summed E-state index contributed by atoms with van der Waals surface area (Å²) < 4.78 is 0. The molecule has 0 aromatic heterocycles. The number of nitrogens with two attached hydrogens (primary N) is 1. The van der Waals surface area contributed by atoms with Crippen molar-refractivity contribution in [3.05, 3.63) is 30.3 Å². The molecular weight excluding hydrogens is 168 g/mol. The Morgan fingerprint density at radius 1 is 1.31 bits per heavy atom. The summed E-state index contributed by atoms with van der Waals surface area (Å²) >= 11 is 0. The van der Waals surface area contributed by atoms with Crippen LogP contribution >= 0.6 is 0 Å². The first kappa shape index (κ1) is 9.98. The highest BCUT2D eigenvalue weighted by Gasteiger charge is 1.99. The lowest BCUT2D eigenvalue weighted by Crippen LogP contribution is -2.35. The van der Waals surface area contributed by atoms with Crippen LogP contribution in [0.1, 0.15) is 6.42 Å². The Balaban J connectivity index is 2.32. The maximum Gasteiger partial charge on any atom is 0.149 e. The van der Waals surface area contributed by atoms with Gasteiger partial charge in [0.25, 0.3) is 0 Å². The van der Waals surface area contributed by atoms with Crippen LogP contribution in [0.2, 0.25) is 0 Å². The van der Waals surface area contributed by atoms with Gasteiger partial charge in [0.2, 0.25) is 0 Å². The first-order valence-electron chi connectivity index (χ1n) is 4.19. The normalized spacial score (nSPS) is 10.4. The molecule has 0 bridgehead atoms.